The number of esters is 1. The van der Waals surface area contributed by atoms with Gasteiger partial charge in [0, 0.05) is 19.8 Å². The van der Waals surface area contributed by atoms with E-state index in [9.17, 15) is 9.59 Å². The molecule has 0 bridgehead atoms. The van der Waals surface area contributed by atoms with E-state index in [0.717, 1.165) is 23.0 Å². The molecular formula is C21H21N3O3S. The third kappa shape index (κ3) is 4.09. The van der Waals surface area contributed by atoms with E-state index < -0.39 is 5.97 Å². The first-order valence-electron chi connectivity index (χ1n) is 8.78. The first kappa shape index (κ1) is 19.7. The molecule has 1 aliphatic heterocycles. The molecule has 0 unspecified atom stereocenters. The number of hydrogen-bond acceptors (Lipinski definition) is 6. The zero-order valence-corrected chi connectivity index (χ0v) is 16.7. The highest BCUT2D eigenvalue weighted by molar-refractivity contribution is 8.19. The lowest BCUT2D eigenvalue weighted by molar-refractivity contribution is -0.113. The van der Waals surface area contributed by atoms with Gasteiger partial charge in [0.05, 0.1) is 22.8 Å². The van der Waals surface area contributed by atoms with Gasteiger partial charge in [-0.05, 0) is 66.7 Å². The second-order valence-electron chi connectivity index (χ2n) is 6.31. The van der Waals surface area contributed by atoms with Crippen LogP contribution in [0, 0.1) is 5.41 Å². The topological polar surface area (TPSA) is 73.7 Å². The molecule has 28 heavy (non-hydrogen) atoms. The van der Waals surface area contributed by atoms with Gasteiger partial charge in [0.1, 0.15) is 0 Å². The highest BCUT2D eigenvalue weighted by atomic mass is 32.2. The van der Waals surface area contributed by atoms with Crippen LogP contribution in [0.25, 0.3) is 6.08 Å². The molecule has 0 atom stereocenters. The number of ether oxygens (including phenoxy) is 1. The maximum atomic E-state index is 12.8. The molecule has 1 amide bonds. The Labute approximate surface area is 168 Å². The molecule has 7 heteroatoms. The Balaban J connectivity index is 1.80. The molecule has 0 aliphatic carbocycles. The smallest absolute Gasteiger partial charge is 0.338 e. The minimum atomic E-state index is -0.409. The largest absolute Gasteiger partial charge is 0.462 e. The van der Waals surface area contributed by atoms with E-state index in [0.29, 0.717) is 22.8 Å². The van der Waals surface area contributed by atoms with Crippen LogP contribution in [0.3, 0.4) is 0 Å². The van der Waals surface area contributed by atoms with Crippen LogP contribution in [0.5, 0.6) is 0 Å². The van der Waals surface area contributed by atoms with Crippen molar-refractivity contribution in [3.8, 4) is 0 Å². The van der Waals surface area contributed by atoms with Gasteiger partial charge in [0.15, 0.2) is 5.17 Å². The van der Waals surface area contributed by atoms with Crippen LogP contribution in [-0.4, -0.2) is 37.7 Å². The van der Waals surface area contributed by atoms with Crippen LogP contribution < -0.4 is 9.80 Å². The lowest BCUT2D eigenvalue weighted by Gasteiger charge is -2.14. The van der Waals surface area contributed by atoms with Gasteiger partial charge >= 0.3 is 5.97 Å². The Kier molecular flexibility index (Phi) is 5.84. The minimum Gasteiger partial charge on any atom is -0.462 e. The fourth-order valence-electron chi connectivity index (χ4n) is 2.70. The fourth-order valence-corrected chi connectivity index (χ4v) is 3.56. The predicted molar refractivity (Wildman–Crippen MR) is 114 cm³/mol. The number of nitrogens with one attached hydrogen (secondary N) is 1. The van der Waals surface area contributed by atoms with Gasteiger partial charge in [-0.25, -0.2) is 4.79 Å². The van der Waals surface area contributed by atoms with Gasteiger partial charge in [0.2, 0.25) is 0 Å². The molecule has 1 heterocycles. The summed E-state index contributed by atoms with van der Waals surface area (Å²) in [6.07, 6.45) is 1.79. The SMILES string of the molecule is CCOC(=O)c1ccc(N2C(=N)S/C(=C\c3ccc(N(C)C)cc3)C2=O)cc1. The van der Waals surface area contributed by atoms with Gasteiger partial charge in [-0.1, -0.05) is 12.1 Å². The maximum Gasteiger partial charge on any atom is 0.338 e. The van der Waals surface area contributed by atoms with Crippen LogP contribution >= 0.6 is 11.8 Å². The average molecular weight is 395 g/mol. The normalized spacial score (nSPS) is 15.2. The molecule has 3 rings (SSSR count). The molecule has 1 fully saturated rings. The van der Waals surface area contributed by atoms with Crippen LogP contribution in [-0.2, 0) is 9.53 Å². The van der Waals surface area contributed by atoms with Crippen LogP contribution in [0.4, 0.5) is 11.4 Å². The monoisotopic (exact) mass is 395 g/mol. The Morgan fingerprint density at radius 3 is 2.36 bits per heavy atom. The molecule has 144 valence electrons. The second kappa shape index (κ2) is 8.31. The lowest BCUT2D eigenvalue weighted by atomic mass is 10.1. The van der Waals surface area contributed by atoms with Gasteiger partial charge in [-0.2, -0.15) is 0 Å². The number of anilines is 2. The number of carbonyl (C=O) groups excluding carboxylic acids is 2. The average Bonchev–Trinajstić information content (AvgIpc) is 2.96. The number of hydrogen-bond donors (Lipinski definition) is 1. The number of amidine groups is 1. The highest BCUT2D eigenvalue weighted by Crippen LogP contribution is 2.35. The van der Waals surface area contributed by atoms with E-state index in [1.54, 1.807) is 37.3 Å². The van der Waals surface area contributed by atoms with E-state index in [1.807, 2.05) is 43.3 Å². The van der Waals surface area contributed by atoms with E-state index in [-0.39, 0.29) is 11.1 Å². The molecule has 1 saturated heterocycles. The minimum absolute atomic E-state index is 0.130. The van der Waals surface area contributed by atoms with Gasteiger partial charge < -0.3 is 9.64 Å². The first-order valence-corrected chi connectivity index (χ1v) is 9.59. The molecule has 2 aromatic carbocycles. The van der Waals surface area contributed by atoms with E-state index >= 15 is 0 Å². The van der Waals surface area contributed by atoms with Crippen molar-refractivity contribution in [2.45, 2.75) is 6.92 Å². The third-order valence-corrected chi connectivity index (χ3v) is 5.06. The summed E-state index contributed by atoms with van der Waals surface area (Å²) >= 11 is 1.12. The van der Waals surface area contributed by atoms with Crippen molar-refractivity contribution in [1.82, 2.24) is 0 Å². The molecular weight excluding hydrogens is 374 g/mol. The summed E-state index contributed by atoms with van der Waals surface area (Å²) in [4.78, 5) is 28.4. The molecule has 6 nitrogen and oxygen atoms in total. The molecule has 0 radical (unpaired) electrons. The Morgan fingerprint density at radius 1 is 1.14 bits per heavy atom. The summed E-state index contributed by atoms with van der Waals surface area (Å²) in [6.45, 7) is 2.05. The summed E-state index contributed by atoms with van der Waals surface area (Å²) < 4.78 is 4.96. The second-order valence-corrected chi connectivity index (χ2v) is 7.34. The van der Waals surface area contributed by atoms with Crippen LogP contribution in [0.15, 0.2) is 53.4 Å². The Bertz CT molecular complexity index is 934. The van der Waals surface area contributed by atoms with Crippen LogP contribution in [0.1, 0.15) is 22.8 Å². The van der Waals surface area contributed by atoms with Crippen molar-refractivity contribution in [3.05, 3.63) is 64.6 Å². The Morgan fingerprint density at radius 2 is 1.79 bits per heavy atom. The van der Waals surface area contributed by atoms with Crippen molar-refractivity contribution < 1.29 is 14.3 Å². The molecule has 0 spiro atoms. The van der Waals surface area contributed by atoms with Crippen molar-refractivity contribution in [1.29, 1.82) is 5.41 Å². The molecule has 0 aromatic heterocycles. The number of amides is 1. The zero-order valence-electron chi connectivity index (χ0n) is 15.9. The summed E-state index contributed by atoms with van der Waals surface area (Å²) in [5.74, 6) is -0.663. The fraction of sp³-hybridized carbons (Fsp3) is 0.190. The summed E-state index contributed by atoms with van der Waals surface area (Å²) in [6, 6.07) is 14.3. The number of benzene rings is 2. The number of thioether (sulfide) groups is 1. The number of nitrogens with zero attached hydrogens (tertiary/aromatic N) is 2. The number of rotatable bonds is 5. The van der Waals surface area contributed by atoms with Crippen molar-refractivity contribution in [2.75, 3.05) is 30.5 Å². The highest BCUT2D eigenvalue weighted by Gasteiger charge is 2.33. The Hall–Kier alpha value is -3.06. The van der Waals surface area contributed by atoms with Gasteiger partial charge in [-0.15, -0.1) is 0 Å². The van der Waals surface area contributed by atoms with Crippen molar-refractivity contribution in [3.63, 3.8) is 0 Å². The number of carbonyl (C=O) groups is 2. The summed E-state index contributed by atoms with van der Waals surface area (Å²) in [5.41, 5.74) is 2.92. The van der Waals surface area contributed by atoms with Gasteiger partial charge in [0.25, 0.3) is 5.91 Å². The first-order chi connectivity index (χ1) is 13.4. The van der Waals surface area contributed by atoms with E-state index in [1.165, 1.54) is 4.90 Å². The molecule has 2 aromatic rings. The third-order valence-electron chi connectivity index (χ3n) is 4.17. The van der Waals surface area contributed by atoms with E-state index in [4.69, 9.17) is 10.1 Å². The molecule has 0 saturated carbocycles. The van der Waals surface area contributed by atoms with E-state index in [2.05, 4.69) is 0 Å². The predicted octanol–water partition coefficient (Wildman–Crippen LogP) is 3.98. The summed E-state index contributed by atoms with van der Waals surface area (Å²) in [7, 11) is 3.94. The van der Waals surface area contributed by atoms with Crippen molar-refractivity contribution in [2.24, 2.45) is 0 Å². The summed E-state index contributed by atoms with van der Waals surface area (Å²) in [5, 5.41) is 8.32. The van der Waals surface area contributed by atoms with Gasteiger partial charge in [-0.3, -0.25) is 15.1 Å². The molecule has 1 N–H and O–H groups in total. The standard InChI is InChI=1S/C21H21N3O3S/c1-4-27-20(26)15-7-11-17(12-8-15)24-19(25)18(28-21(24)22)13-14-5-9-16(10-6-14)23(2)3/h5-13,22H,4H2,1-3H3/b18-13-,22-21?. The lowest BCUT2D eigenvalue weighted by Crippen LogP contribution is -2.28. The quantitative estimate of drug-likeness (QED) is 0.612. The maximum absolute atomic E-state index is 12.8. The van der Waals surface area contributed by atoms with Crippen LogP contribution in [0.2, 0.25) is 0 Å². The zero-order chi connectivity index (χ0) is 20.3. The molecule has 1 aliphatic rings. The van der Waals surface area contributed by atoms with Crippen molar-refractivity contribution >= 4 is 46.3 Å².